The molecule has 0 saturated carbocycles. The van der Waals surface area contributed by atoms with Gasteiger partial charge in [0.15, 0.2) is 0 Å². The van der Waals surface area contributed by atoms with Gasteiger partial charge in [-0.05, 0) is 30.7 Å². The van der Waals surface area contributed by atoms with Crippen molar-refractivity contribution in [1.29, 1.82) is 0 Å². The van der Waals surface area contributed by atoms with Crippen LogP contribution in [-0.4, -0.2) is 7.11 Å². The highest BCUT2D eigenvalue weighted by Crippen LogP contribution is 2.44. The van der Waals surface area contributed by atoms with Gasteiger partial charge >= 0.3 is 0 Å². The third-order valence-electron chi connectivity index (χ3n) is 2.74. The number of aryl methyl sites for hydroxylation is 1. The van der Waals surface area contributed by atoms with Crippen molar-refractivity contribution in [2.45, 2.75) is 12.3 Å². The number of hydrogen-bond donors (Lipinski definition) is 0. The number of ether oxygens (including phenoxy) is 1. The van der Waals surface area contributed by atoms with Crippen LogP contribution in [0.4, 0.5) is 0 Å². The fraction of sp³-hybridized carbons (Fsp3) is 0.231. The molecule has 0 amide bonds. The summed E-state index contributed by atoms with van der Waals surface area (Å²) in [5, 5.41) is -0.400. The molecule has 1 unspecified atom stereocenters. The van der Waals surface area contributed by atoms with E-state index < -0.39 is 5.38 Å². The third kappa shape index (κ3) is 3.22. The third-order valence-corrected chi connectivity index (χ3v) is 5.58. The summed E-state index contributed by atoms with van der Waals surface area (Å²) in [7, 11) is 1.62. The molecule has 0 aliphatic carbocycles. The molecule has 0 bridgehead atoms. The highest BCUT2D eigenvalue weighted by molar-refractivity contribution is 9.10. The zero-order valence-corrected chi connectivity index (χ0v) is 14.8. The summed E-state index contributed by atoms with van der Waals surface area (Å²) in [6, 6.07) is 5.68. The van der Waals surface area contributed by atoms with E-state index in [1.165, 1.54) is 11.3 Å². The van der Waals surface area contributed by atoms with Crippen LogP contribution < -0.4 is 4.74 Å². The predicted molar refractivity (Wildman–Crippen MR) is 87.5 cm³/mol. The van der Waals surface area contributed by atoms with E-state index in [0.717, 1.165) is 26.9 Å². The number of benzene rings is 1. The second-order valence-corrected chi connectivity index (χ2v) is 7.56. The van der Waals surface area contributed by atoms with Crippen LogP contribution >= 0.6 is 62.1 Å². The average molecular weight is 401 g/mol. The summed E-state index contributed by atoms with van der Waals surface area (Å²) in [5.74, 6) is 0.735. The van der Waals surface area contributed by atoms with E-state index in [9.17, 15) is 0 Å². The van der Waals surface area contributed by atoms with Crippen molar-refractivity contribution in [3.63, 3.8) is 0 Å². The summed E-state index contributed by atoms with van der Waals surface area (Å²) >= 11 is 23.4. The average Bonchev–Trinajstić information content (AvgIpc) is 2.70. The number of thiophene rings is 1. The lowest BCUT2D eigenvalue weighted by Gasteiger charge is -2.15. The Kier molecular flexibility index (Phi) is 5.07. The number of rotatable bonds is 3. The first-order chi connectivity index (χ1) is 8.93. The van der Waals surface area contributed by atoms with E-state index in [1.807, 2.05) is 19.1 Å². The van der Waals surface area contributed by atoms with Crippen LogP contribution in [0.25, 0.3) is 0 Å². The quantitative estimate of drug-likeness (QED) is 0.537. The van der Waals surface area contributed by atoms with Crippen molar-refractivity contribution in [3.05, 3.63) is 48.0 Å². The summed E-state index contributed by atoms with van der Waals surface area (Å²) in [4.78, 5) is 0. The van der Waals surface area contributed by atoms with E-state index in [1.54, 1.807) is 13.2 Å². The molecule has 1 aromatic carbocycles. The minimum atomic E-state index is -0.400. The van der Waals surface area contributed by atoms with Crippen LogP contribution in [0.3, 0.4) is 0 Å². The lowest BCUT2D eigenvalue weighted by atomic mass is 10.0. The van der Waals surface area contributed by atoms with Gasteiger partial charge in [-0.1, -0.05) is 39.1 Å². The van der Waals surface area contributed by atoms with E-state index in [4.69, 9.17) is 39.5 Å². The van der Waals surface area contributed by atoms with Crippen molar-refractivity contribution < 1.29 is 4.74 Å². The van der Waals surface area contributed by atoms with Crippen LogP contribution in [0.2, 0.25) is 8.67 Å². The van der Waals surface area contributed by atoms with E-state index in [-0.39, 0.29) is 0 Å². The molecule has 0 saturated heterocycles. The molecule has 1 heterocycles. The van der Waals surface area contributed by atoms with Gasteiger partial charge in [0.2, 0.25) is 0 Å². The first-order valence-corrected chi connectivity index (χ1v) is 8.17. The number of methoxy groups -OCH3 is 1. The Morgan fingerprint density at radius 2 is 1.89 bits per heavy atom. The molecule has 0 N–H and O–H groups in total. The smallest absolute Gasteiger partial charge is 0.124 e. The van der Waals surface area contributed by atoms with Gasteiger partial charge in [-0.3, -0.25) is 0 Å². The van der Waals surface area contributed by atoms with Crippen LogP contribution in [0, 0.1) is 6.92 Å². The Balaban J connectivity index is 2.52. The summed E-state index contributed by atoms with van der Waals surface area (Å²) < 4.78 is 7.59. The van der Waals surface area contributed by atoms with E-state index >= 15 is 0 Å². The Bertz CT molecular complexity index is 612. The number of alkyl halides is 1. The molecule has 6 heteroatoms. The molecule has 102 valence electrons. The molecule has 1 aromatic heterocycles. The van der Waals surface area contributed by atoms with E-state index in [0.29, 0.717) is 8.67 Å². The van der Waals surface area contributed by atoms with Crippen molar-refractivity contribution in [3.8, 4) is 5.75 Å². The zero-order chi connectivity index (χ0) is 14.2. The van der Waals surface area contributed by atoms with Gasteiger partial charge in [0, 0.05) is 15.6 Å². The maximum absolute atomic E-state index is 6.52. The van der Waals surface area contributed by atoms with Crippen LogP contribution in [0.15, 0.2) is 22.7 Å². The van der Waals surface area contributed by atoms with Gasteiger partial charge in [-0.25, -0.2) is 0 Å². The maximum atomic E-state index is 6.52. The van der Waals surface area contributed by atoms with Gasteiger partial charge in [-0.2, -0.15) is 0 Å². The normalized spacial score (nSPS) is 12.5. The molecule has 0 aliphatic rings. The standard InChI is InChI=1S/C13H10BrCl3OS/c1-6-3-10(18-2)7(4-9(6)14)12(16)8-5-11(15)19-13(8)17/h3-5,12H,1-2H3. The van der Waals surface area contributed by atoms with Crippen LogP contribution in [0.5, 0.6) is 5.75 Å². The molecular weight excluding hydrogens is 390 g/mol. The molecular formula is C13H10BrCl3OS. The highest BCUT2D eigenvalue weighted by Gasteiger charge is 2.21. The molecule has 2 aromatic rings. The van der Waals surface area contributed by atoms with Gasteiger partial charge in [0.05, 0.1) is 21.2 Å². The summed E-state index contributed by atoms with van der Waals surface area (Å²) in [6.07, 6.45) is 0. The fourth-order valence-corrected chi connectivity index (χ4v) is 4.10. The molecule has 1 nitrogen and oxygen atoms in total. The molecule has 1 atom stereocenters. The number of hydrogen-bond acceptors (Lipinski definition) is 2. The largest absolute Gasteiger partial charge is 0.496 e. The second-order valence-electron chi connectivity index (χ2n) is 3.99. The monoisotopic (exact) mass is 398 g/mol. The maximum Gasteiger partial charge on any atom is 0.124 e. The van der Waals surface area contributed by atoms with Crippen LogP contribution in [-0.2, 0) is 0 Å². The second kappa shape index (κ2) is 6.23. The molecule has 2 rings (SSSR count). The fourth-order valence-electron chi connectivity index (χ4n) is 1.74. The minimum absolute atomic E-state index is 0.400. The Morgan fingerprint density at radius 3 is 2.42 bits per heavy atom. The molecule has 0 spiro atoms. The Morgan fingerprint density at radius 1 is 1.21 bits per heavy atom. The Hall–Kier alpha value is 0.0700. The SMILES string of the molecule is COc1cc(C)c(Br)cc1C(Cl)c1cc(Cl)sc1Cl. The highest BCUT2D eigenvalue weighted by atomic mass is 79.9. The van der Waals surface area contributed by atoms with Gasteiger partial charge in [0.25, 0.3) is 0 Å². The molecule has 19 heavy (non-hydrogen) atoms. The first-order valence-electron chi connectivity index (χ1n) is 5.37. The molecule has 0 aliphatic heterocycles. The van der Waals surface area contributed by atoms with Crippen molar-refractivity contribution in [2.24, 2.45) is 0 Å². The Labute approximate surface area is 139 Å². The molecule has 0 fully saturated rings. The van der Waals surface area contributed by atoms with Crippen LogP contribution in [0.1, 0.15) is 22.1 Å². The predicted octanol–water partition coefficient (Wildman–Crippen LogP) is 6.46. The zero-order valence-electron chi connectivity index (χ0n) is 10.1. The van der Waals surface area contributed by atoms with Crippen molar-refractivity contribution >= 4 is 62.1 Å². The van der Waals surface area contributed by atoms with Gasteiger partial charge in [0.1, 0.15) is 5.75 Å². The summed E-state index contributed by atoms with van der Waals surface area (Å²) in [5.41, 5.74) is 2.74. The summed E-state index contributed by atoms with van der Waals surface area (Å²) in [6.45, 7) is 1.99. The molecule has 0 radical (unpaired) electrons. The van der Waals surface area contributed by atoms with Crippen molar-refractivity contribution in [2.75, 3.05) is 7.11 Å². The van der Waals surface area contributed by atoms with Gasteiger partial charge in [-0.15, -0.1) is 22.9 Å². The topological polar surface area (TPSA) is 9.23 Å². The minimum Gasteiger partial charge on any atom is -0.496 e. The van der Waals surface area contributed by atoms with Gasteiger partial charge < -0.3 is 4.74 Å². The first kappa shape index (κ1) is 15.5. The van der Waals surface area contributed by atoms with Crippen molar-refractivity contribution in [1.82, 2.24) is 0 Å². The lowest BCUT2D eigenvalue weighted by molar-refractivity contribution is 0.409. The van der Waals surface area contributed by atoms with E-state index in [2.05, 4.69) is 15.9 Å². The lowest BCUT2D eigenvalue weighted by Crippen LogP contribution is -1.98. The number of halogens is 4.